The molecule has 0 aliphatic heterocycles. The molecule has 29 heavy (non-hydrogen) atoms. The first-order chi connectivity index (χ1) is 13.8. The van der Waals surface area contributed by atoms with Crippen molar-refractivity contribution < 1.29 is 9.59 Å². The van der Waals surface area contributed by atoms with E-state index in [1.807, 2.05) is 24.3 Å². The molecule has 3 heterocycles. The molecule has 0 saturated heterocycles. The predicted molar refractivity (Wildman–Crippen MR) is 112 cm³/mol. The zero-order valence-electron chi connectivity index (χ0n) is 16.0. The summed E-state index contributed by atoms with van der Waals surface area (Å²) in [5, 5.41) is 6.77. The lowest BCUT2D eigenvalue weighted by Crippen LogP contribution is -2.22. The lowest BCUT2D eigenvalue weighted by atomic mass is 10.3. The maximum Gasteiger partial charge on any atom is 0.221 e. The van der Waals surface area contributed by atoms with Crippen LogP contribution in [0.5, 0.6) is 0 Å². The number of nitrogen functional groups attached to an aromatic ring is 1. The molecule has 0 aromatic carbocycles. The number of carbonyl (C=O) groups is 2. The minimum Gasteiger partial charge on any atom is -0.324 e. The summed E-state index contributed by atoms with van der Waals surface area (Å²) in [6, 6.07) is 9.15. The average Bonchev–Trinajstić information content (AvgIpc) is 3.16. The van der Waals surface area contributed by atoms with Gasteiger partial charge < -0.3 is 10.7 Å². The second kappa shape index (κ2) is 12.8. The summed E-state index contributed by atoms with van der Waals surface area (Å²) in [6.07, 6.45) is 8.58. The number of ketones is 1. The van der Waals surface area contributed by atoms with E-state index in [1.54, 1.807) is 41.7 Å². The Balaban J connectivity index is 0.000000224. The van der Waals surface area contributed by atoms with Crippen LogP contribution in [0, 0.1) is 0 Å². The Hall–Kier alpha value is -3.56. The molecular weight excluding hydrogens is 394 g/mol. The van der Waals surface area contributed by atoms with Gasteiger partial charge in [0.15, 0.2) is 10.9 Å². The summed E-state index contributed by atoms with van der Waals surface area (Å²) >= 11 is 5.66. The number of hydrogen-bond acceptors (Lipinski definition) is 7. The molecule has 3 aromatic rings. The first-order valence-electron chi connectivity index (χ1n) is 8.29. The Bertz CT molecular complexity index is 915. The fraction of sp³-hybridized carbons (Fsp3) is 0.105. The molecular formula is C19H22ClN7O2. The van der Waals surface area contributed by atoms with Crippen molar-refractivity contribution in [2.75, 3.05) is 5.43 Å². The van der Waals surface area contributed by atoms with E-state index in [2.05, 4.69) is 32.4 Å². The summed E-state index contributed by atoms with van der Waals surface area (Å²) in [5.41, 5.74) is 4.34. The average molecular weight is 416 g/mol. The molecule has 0 atom stereocenters. The molecule has 3 aromatic heterocycles. The van der Waals surface area contributed by atoms with Crippen molar-refractivity contribution in [1.82, 2.24) is 25.1 Å². The fourth-order valence-corrected chi connectivity index (χ4v) is 1.82. The molecule has 0 spiro atoms. The largest absolute Gasteiger partial charge is 0.324 e. The summed E-state index contributed by atoms with van der Waals surface area (Å²) in [6.45, 7) is 5.99. The molecule has 0 aliphatic carbocycles. The van der Waals surface area contributed by atoms with Crippen LogP contribution in [-0.4, -0.2) is 31.4 Å². The Morgan fingerprint density at radius 3 is 2.10 bits per heavy atom. The topological polar surface area (TPSA) is 128 Å². The molecule has 0 aliphatic rings. The lowest BCUT2D eigenvalue weighted by molar-refractivity contribution is -0.120. The maximum absolute atomic E-state index is 10.4. The van der Waals surface area contributed by atoms with Gasteiger partial charge in [0.2, 0.25) is 5.91 Å². The van der Waals surface area contributed by atoms with Crippen molar-refractivity contribution >= 4 is 29.0 Å². The van der Waals surface area contributed by atoms with Crippen molar-refractivity contribution in [1.29, 1.82) is 0 Å². The number of aromatic nitrogens is 4. The number of hydrogen-bond donors (Lipinski definition) is 3. The van der Waals surface area contributed by atoms with Gasteiger partial charge in [0, 0.05) is 32.4 Å². The Morgan fingerprint density at radius 1 is 1.10 bits per heavy atom. The highest BCUT2D eigenvalue weighted by molar-refractivity contribution is 6.29. The van der Waals surface area contributed by atoms with Gasteiger partial charge in [-0.3, -0.25) is 25.4 Å². The van der Waals surface area contributed by atoms with Gasteiger partial charge in [-0.1, -0.05) is 18.2 Å². The van der Waals surface area contributed by atoms with E-state index in [0.717, 1.165) is 11.4 Å². The van der Waals surface area contributed by atoms with Gasteiger partial charge in [0.1, 0.15) is 0 Å². The van der Waals surface area contributed by atoms with Gasteiger partial charge in [0.05, 0.1) is 29.5 Å². The molecule has 9 nitrogen and oxygen atoms in total. The number of nitrogens with zero attached hydrogens (tertiary/aromatic N) is 4. The van der Waals surface area contributed by atoms with Crippen LogP contribution in [0.15, 0.2) is 73.6 Å². The van der Waals surface area contributed by atoms with Gasteiger partial charge >= 0.3 is 0 Å². The van der Waals surface area contributed by atoms with Crippen molar-refractivity contribution in [3.8, 4) is 5.69 Å². The van der Waals surface area contributed by atoms with Crippen LogP contribution in [0.1, 0.15) is 13.8 Å². The summed E-state index contributed by atoms with van der Waals surface area (Å²) in [7, 11) is 0. The van der Waals surface area contributed by atoms with Crippen molar-refractivity contribution in [2.24, 2.45) is 5.84 Å². The van der Waals surface area contributed by atoms with Gasteiger partial charge in [-0.15, -0.1) is 0 Å². The van der Waals surface area contributed by atoms with E-state index in [9.17, 15) is 9.59 Å². The number of halogens is 1. The molecule has 4 N–H and O–H groups in total. The normalized spacial score (nSPS) is 9.10. The minimum absolute atomic E-state index is 0.141. The van der Waals surface area contributed by atoms with Gasteiger partial charge in [-0.05, 0) is 30.3 Å². The number of anilines is 1. The minimum atomic E-state index is -0.268. The fourth-order valence-electron chi connectivity index (χ4n) is 1.68. The zero-order chi connectivity index (χ0) is 21.6. The number of nitrogens with two attached hydrogens (primary N) is 1. The van der Waals surface area contributed by atoms with Gasteiger partial charge in [-0.25, -0.2) is 4.68 Å². The first-order valence-corrected chi connectivity index (χ1v) is 8.67. The third kappa shape index (κ3) is 9.80. The summed E-state index contributed by atoms with van der Waals surface area (Å²) < 4.78 is 1.68. The third-order valence-electron chi connectivity index (χ3n) is 3.05. The summed E-state index contributed by atoms with van der Waals surface area (Å²) in [5.74, 6) is 4.57. The van der Waals surface area contributed by atoms with Gasteiger partial charge in [0.25, 0.3) is 0 Å². The molecule has 0 saturated carbocycles. The summed E-state index contributed by atoms with van der Waals surface area (Å²) in [4.78, 5) is 28.4. The highest BCUT2D eigenvalue weighted by atomic mass is 35.5. The lowest BCUT2D eigenvalue weighted by Gasteiger charge is -1.98. The standard InChI is InChI=1S/C8H6ClN3.C6H9NO2.C5H7N3/c9-8-3-5-12(11-8)7-2-1-4-10-6-7;1-4(5(2)8)7-6(3)9;6-8-5-2-1-3-7-4-5/h1-6H;1H2,2-3H3,(H,7,9);1-4,8H,6H2. The number of rotatable bonds is 4. The molecule has 0 unspecified atom stereocenters. The van der Waals surface area contributed by atoms with Crippen molar-refractivity contribution in [3.63, 3.8) is 0 Å². The first kappa shape index (κ1) is 23.5. The monoisotopic (exact) mass is 415 g/mol. The smallest absolute Gasteiger partial charge is 0.221 e. The number of carbonyl (C=O) groups excluding carboxylic acids is 2. The SMILES string of the molecule is C=C(NC(C)=O)C(C)=O.Clc1ccn(-c2cccnc2)n1.NNc1cccnc1. The zero-order valence-corrected chi connectivity index (χ0v) is 16.8. The van der Waals surface area contributed by atoms with Crippen LogP contribution < -0.4 is 16.6 Å². The number of pyridine rings is 2. The number of Topliss-reactive ketones (excluding diaryl/α,β-unsaturated/α-hetero) is 1. The quantitative estimate of drug-likeness (QED) is 0.339. The van der Waals surface area contributed by atoms with Crippen molar-refractivity contribution in [3.05, 3.63) is 78.7 Å². The van der Waals surface area contributed by atoms with Crippen LogP contribution >= 0.6 is 11.6 Å². The van der Waals surface area contributed by atoms with Crippen LogP contribution in [-0.2, 0) is 9.59 Å². The molecule has 3 rings (SSSR count). The second-order valence-electron chi connectivity index (χ2n) is 5.40. The molecule has 10 heteroatoms. The van der Waals surface area contributed by atoms with Crippen LogP contribution in [0.4, 0.5) is 5.69 Å². The molecule has 1 amide bonds. The van der Waals surface area contributed by atoms with E-state index in [0.29, 0.717) is 5.15 Å². The van der Waals surface area contributed by atoms with E-state index in [-0.39, 0.29) is 17.4 Å². The number of hydrazine groups is 1. The second-order valence-corrected chi connectivity index (χ2v) is 5.78. The predicted octanol–water partition coefficient (Wildman–Crippen LogP) is 2.51. The van der Waals surface area contributed by atoms with E-state index in [1.165, 1.54) is 13.8 Å². The van der Waals surface area contributed by atoms with E-state index in [4.69, 9.17) is 17.4 Å². The Morgan fingerprint density at radius 2 is 1.76 bits per heavy atom. The highest BCUT2D eigenvalue weighted by Gasteiger charge is 1.99. The van der Waals surface area contributed by atoms with Gasteiger partial charge in [-0.2, -0.15) is 5.10 Å². The highest BCUT2D eigenvalue weighted by Crippen LogP contribution is 2.08. The molecule has 0 radical (unpaired) electrons. The van der Waals surface area contributed by atoms with Crippen LogP contribution in [0.2, 0.25) is 5.15 Å². The van der Waals surface area contributed by atoms with Crippen molar-refractivity contribution in [2.45, 2.75) is 13.8 Å². The van der Waals surface area contributed by atoms with E-state index >= 15 is 0 Å². The number of nitrogens with one attached hydrogen (secondary N) is 2. The molecule has 0 fully saturated rings. The van der Waals surface area contributed by atoms with E-state index < -0.39 is 0 Å². The Labute approximate surface area is 173 Å². The van der Waals surface area contributed by atoms with Crippen LogP contribution in [0.3, 0.4) is 0 Å². The molecule has 152 valence electrons. The maximum atomic E-state index is 10.4. The third-order valence-corrected chi connectivity index (χ3v) is 3.25. The molecule has 0 bridgehead atoms. The van der Waals surface area contributed by atoms with Crippen LogP contribution in [0.25, 0.3) is 5.69 Å². The number of allylic oxidation sites excluding steroid dienone is 1. The Kier molecular flexibility index (Phi) is 10.3. The number of amides is 1.